The number of thiophene rings is 2. The summed E-state index contributed by atoms with van der Waals surface area (Å²) in [5, 5.41) is 79.4. The summed E-state index contributed by atoms with van der Waals surface area (Å²) in [4.78, 5) is 34.2. The van der Waals surface area contributed by atoms with Gasteiger partial charge in [0.05, 0.1) is 56.1 Å². The average molecular weight is 1210 g/mol. The van der Waals surface area contributed by atoms with Crippen molar-refractivity contribution in [3.8, 4) is 35.8 Å². The standard InChI is InChI=1S/C31H32N4O4S.C20H25NO4S.C11H9N3O.C2H4O2.H3N/c1-31(2)26(29(34-4)30(39-31)27(21-32)33-3)15-14-25-13-12-24(40-25)11-9-22-8-10-23(35(5)16-18-37)20-28(22)38-19-7-6-17-36;1-21(10-12-23)17-6-4-16(20(14-17)25-13-3-2-11-22)5-7-18-8-9-19(15-24)26-18;1-7-9(6-14)10(8(4-12)5-13)15-11(7,2)3;1-2(3)4;/h8-15,20,36-37H,6-7,16-19H2,1-2,5H3;4-9,14-15,22-23H,2-3,10-13H2,1H3;1-3H3;1H3,(H,3,4);1H3/b11-9+,15-14+,30-27+;7-5+;;;. The SMILES string of the molecule is CC(=O)O.CC1=C(C#N)C(=C(C#N)C#N)OC1(C)C.CN(CCO)c1ccc(/C=C/c2ccc(C=O)s2)c(OCCCCO)c1.N.[C-]#[N+]C1=C(/C=C/c2ccc(/C=C/c3ccc(N(C)CCO)cc3OCCCCO)s2)C(C)(C)O/C1=C(\C#N)[N+]#[C-]. The highest BCUT2D eigenvalue weighted by atomic mass is 32.1. The van der Waals surface area contributed by atoms with Gasteiger partial charge in [0.2, 0.25) is 5.70 Å². The molecule has 0 radical (unpaired) electrons. The number of anilines is 2. The quantitative estimate of drug-likeness (QED) is 0.0174. The van der Waals surface area contributed by atoms with Gasteiger partial charge in [0.1, 0.15) is 46.7 Å². The smallest absolute Gasteiger partial charge is 0.300 e. The average Bonchev–Trinajstić information content (AvgIpc) is 2.32. The number of carbonyl (C=O) groups excluding carboxylic acids is 1. The number of allylic oxidation sites excluding steroid dienone is 3. The van der Waals surface area contributed by atoms with Crippen molar-refractivity contribution >= 4 is 76.7 Å². The number of benzene rings is 2. The number of likely N-dealkylation sites (N-methyl/N-ethyl adjacent to an activating group) is 2. The predicted octanol–water partition coefficient (Wildman–Crippen LogP) is 11.6. The van der Waals surface area contributed by atoms with Crippen LogP contribution < -0.4 is 25.4 Å². The van der Waals surface area contributed by atoms with Crippen LogP contribution in [0.4, 0.5) is 11.4 Å². The molecule has 20 nitrogen and oxygen atoms in total. The van der Waals surface area contributed by atoms with Crippen molar-refractivity contribution in [1.82, 2.24) is 6.15 Å². The van der Waals surface area contributed by atoms with Gasteiger partial charge in [-0.2, -0.15) is 15.8 Å². The molecule has 2 aromatic carbocycles. The third-order valence-electron chi connectivity index (χ3n) is 12.5. The van der Waals surface area contributed by atoms with Gasteiger partial charge in [0.15, 0.2) is 17.6 Å². The molecule has 0 unspecified atom stereocenters. The summed E-state index contributed by atoms with van der Waals surface area (Å²) in [6.07, 6.45) is 15.4. The second-order valence-electron chi connectivity index (χ2n) is 19.4. The maximum absolute atomic E-state index is 10.8. The Morgan fingerprint density at radius 3 is 1.49 bits per heavy atom. The lowest BCUT2D eigenvalue weighted by atomic mass is 9.97. The highest BCUT2D eigenvalue weighted by Crippen LogP contribution is 2.42. The van der Waals surface area contributed by atoms with Crippen LogP contribution in [0.2, 0.25) is 0 Å². The third kappa shape index (κ3) is 22.0. The number of nitrogens with zero attached hydrogens (tertiary/aromatic N) is 8. The van der Waals surface area contributed by atoms with E-state index in [1.807, 2.05) is 141 Å². The third-order valence-corrected chi connectivity index (χ3v) is 14.5. The summed E-state index contributed by atoms with van der Waals surface area (Å²) in [6, 6.07) is 26.8. The minimum Gasteiger partial charge on any atom is -0.505 e. The van der Waals surface area contributed by atoms with Gasteiger partial charge in [-0.15, -0.1) is 22.7 Å². The van der Waals surface area contributed by atoms with E-state index in [0.29, 0.717) is 49.6 Å². The van der Waals surface area contributed by atoms with Crippen LogP contribution in [-0.2, 0) is 14.3 Å². The zero-order chi connectivity index (χ0) is 63.1. The maximum Gasteiger partial charge on any atom is 0.300 e. The second-order valence-corrected chi connectivity index (χ2v) is 21.7. The molecule has 86 heavy (non-hydrogen) atoms. The van der Waals surface area contributed by atoms with Gasteiger partial charge in [-0.25, -0.2) is 15.0 Å². The van der Waals surface area contributed by atoms with Gasteiger partial charge in [0, 0.05) is 102 Å². The summed E-state index contributed by atoms with van der Waals surface area (Å²) in [5.41, 5.74) is 3.74. The van der Waals surface area contributed by atoms with E-state index >= 15 is 0 Å². The lowest BCUT2D eigenvalue weighted by Crippen LogP contribution is -2.21. The van der Waals surface area contributed by atoms with Crippen LogP contribution >= 0.6 is 22.7 Å². The van der Waals surface area contributed by atoms with Gasteiger partial charge >= 0.3 is 0 Å². The Bertz CT molecular complexity index is 3420. The van der Waals surface area contributed by atoms with E-state index in [1.54, 1.807) is 50.3 Å². The Labute approximate surface area is 511 Å². The van der Waals surface area contributed by atoms with Crippen LogP contribution in [0.5, 0.6) is 11.5 Å². The van der Waals surface area contributed by atoms with E-state index in [0.717, 1.165) is 80.3 Å². The second kappa shape index (κ2) is 37.1. The Balaban J connectivity index is 0.000000467. The van der Waals surface area contributed by atoms with E-state index < -0.39 is 17.2 Å². The molecule has 0 atom stereocenters. The molecule has 22 heteroatoms. The molecule has 2 aliphatic heterocycles. The minimum atomic E-state index is -0.844. The first-order chi connectivity index (χ1) is 40.6. The number of ether oxygens (including phenoxy) is 4. The first-order valence-electron chi connectivity index (χ1n) is 26.6. The predicted molar refractivity (Wildman–Crippen MR) is 336 cm³/mol. The van der Waals surface area contributed by atoms with E-state index in [1.165, 1.54) is 11.3 Å². The molecule has 0 saturated carbocycles. The van der Waals surface area contributed by atoms with Gasteiger partial charge in [-0.1, -0.05) is 6.08 Å². The van der Waals surface area contributed by atoms with Crippen molar-refractivity contribution < 1.29 is 54.1 Å². The van der Waals surface area contributed by atoms with Gasteiger partial charge in [-0.3, -0.25) is 9.59 Å². The molecule has 2 aliphatic rings. The van der Waals surface area contributed by atoms with Gasteiger partial charge in [0.25, 0.3) is 11.7 Å². The van der Waals surface area contributed by atoms with Crippen LogP contribution in [0, 0.1) is 58.5 Å². The number of hydrogen-bond donors (Lipinski definition) is 6. The molecule has 452 valence electrons. The first-order valence-corrected chi connectivity index (χ1v) is 28.3. The van der Waals surface area contributed by atoms with Gasteiger partial charge in [-0.05, 0) is 145 Å². The topological polar surface area (TPSA) is 318 Å². The van der Waals surface area contributed by atoms with Crippen LogP contribution in [0.25, 0.3) is 40.1 Å². The molecule has 4 heterocycles. The number of nitriles is 4. The number of aldehydes is 1. The molecule has 6 rings (SSSR count). The Morgan fingerprint density at radius 1 is 0.663 bits per heavy atom. The highest BCUT2D eigenvalue weighted by molar-refractivity contribution is 7.14. The minimum absolute atomic E-state index is 0. The fourth-order valence-electron chi connectivity index (χ4n) is 7.71. The summed E-state index contributed by atoms with van der Waals surface area (Å²) in [6.45, 7) is 27.4. The summed E-state index contributed by atoms with van der Waals surface area (Å²) in [5.74, 6) is 0.795. The fourth-order valence-corrected chi connectivity index (χ4v) is 9.25. The van der Waals surface area contributed by atoms with Crippen molar-refractivity contribution in [2.24, 2.45) is 0 Å². The molecule has 0 aliphatic carbocycles. The molecular formula is C64H73N9O11S2. The van der Waals surface area contributed by atoms with E-state index in [-0.39, 0.29) is 66.6 Å². The number of rotatable bonds is 23. The Morgan fingerprint density at radius 2 is 1.10 bits per heavy atom. The van der Waals surface area contributed by atoms with Gasteiger partial charge < -0.3 is 60.4 Å². The lowest BCUT2D eigenvalue weighted by molar-refractivity contribution is -0.134. The molecule has 0 fully saturated rings. The number of carboxylic acid groups (broad SMARTS) is 1. The number of aliphatic hydroxyl groups excluding tert-OH is 4. The molecule has 4 aromatic rings. The van der Waals surface area contributed by atoms with E-state index in [4.69, 9.17) is 73.1 Å². The Hall–Kier alpha value is -9.30. The maximum atomic E-state index is 10.8. The molecular weight excluding hydrogens is 1130 g/mol. The molecule has 0 spiro atoms. The Kier molecular flexibility index (Phi) is 31.4. The molecule has 2 aromatic heterocycles. The van der Waals surface area contributed by atoms with Crippen molar-refractivity contribution in [1.29, 1.82) is 21.0 Å². The molecule has 0 amide bonds. The summed E-state index contributed by atoms with van der Waals surface area (Å²) < 4.78 is 23.2. The van der Waals surface area contributed by atoms with Crippen LogP contribution in [0.1, 0.15) is 103 Å². The summed E-state index contributed by atoms with van der Waals surface area (Å²) in [7, 11) is 3.83. The number of hydrogen-bond acceptors (Lipinski definition) is 19. The van der Waals surface area contributed by atoms with Crippen molar-refractivity contribution in [3.05, 3.63) is 165 Å². The van der Waals surface area contributed by atoms with E-state index in [2.05, 4.69) is 9.69 Å². The van der Waals surface area contributed by atoms with Crippen LogP contribution in [-0.4, -0.2) is 116 Å². The molecule has 8 N–H and O–H groups in total. The van der Waals surface area contributed by atoms with Crippen molar-refractivity contribution in [3.63, 3.8) is 0 Å². The highest BCUT2D eigenvalue weighted by Gasteiger charge is 2.39. The number of carboxylic acids is 1. The zero-order valence-electron chi connectivity index (χ0n) is 49.6. The molecule has 0 saturated heterocycles. The lowest BCUT2D eigenvalue weighted by Gasteiger charge is -2.21. The number of aliphatic hydroxyl groups is 4. The summed E-state index contributed by atoms with van der Waals surface area (Å²) >= 11 is 3.01. The first kappa shape index (κ1) is 72.8. The van der Waals surface area contributed by atoms with Crippen LogP contribution in [0.3, 0.4) is 0 Å². The monoisotopic (exact) mass is 1210 g/mol. The number of unbranched alkanes of at least 4 members (excludes halogenated alkanes) is 2. The van der Waals surface area contributed by atoms with Crippen molar-refractivity contribution in [2.75, 3.05) is 76.6 Å². The van der Waals surface area contributed by atoms with Crippen LogP contribution in [0.15, 0.2) is 112 Å². The fraction of sp³-hybridized carbons (Fsp3) is 0.344. The number of aliphatic carboxylic acids is 1. The normalized spacial score (nSPS) is 13.9. The largest absolute Gasteiger partial charge is 0.505 e. The van der Waals surface area contributed by atoms with E-state index in [9.17, 15) is 15.2 Å². The zero-order valence-corrected chi connectivity index (χ0v) is 51.2. The molecule has 0 bridgehead atoms. The number of carbonyl (C=O) groups is 2. The van der Waals surface area contributed by atoms with Crippen molar-refractivity contribution in [2.45, 2.75) is 78.4 Å².